The number of aromatic nitrogens is 2. The van der Waals surface area contributed by atoms with E-state index >= 15 is 0 Å². The molecule has 20 heavy (non-hydrogen) atoms. The number of aryl methyl sites for hydroxylation is 1. The van der Waals surface area contributed by atoms with Crippen LogP contribution in [0.5, 0.6) is 0 Å². The van der Waals surface area contributed by atoms with E-state index in [9.17, 15) is 4.39 Å². The number of alkyl halides is 1. The van der Waals surface area contributed by atoms with Gasteiger partial charge in [0, 0.05) is 12.6 Å². The monoisotopic (exact) mass is 294 g/mol. The van der Waals surface area contributed by atoms with Crippen LogP contribution in [0.15, 0.2) is 12.1 Å². The van der Waals surface area contributed by atoms with Gasteiger partial charge in [-0.2, -0.15) is 0 Å². The number of hydrogen-bond acceptors (Lipinski definition) is 1. The first-order valence-electron chi connectivity index (χ1n) is 7.27. The maximum Gasteiger partial charge on any atom is 0.128 e. The highest BCUT2D eigenvalue weighted by molar-refractivity contribution is 6.20. The van der Waals surface area contributed by atoms with Crippen molar-refractivity contribution in [3.8, 4) is 0 Å². The minimum absolute atomic E-state index is 0.169. The van der Waals surface area contributed by atoms with Crippen LogP contribution in [0, 0.1) is 24.6 Å². The molecule has 4 heteroatoms. The van der Waals surface area contributed by atoms with Crippen molar-refractivity contribution in [3.05, 3.63) is 29.3 Å². The Labute approximate surface area is 123 Å². The van der Waals surface area contributed by atoms with E-state index in [1.165, 1.54) is 18.9 Å². The zero-order chi connectivity index (χ0) is 14.4. The van der Waals surface area contributed by atoms with Crippen LogP contribution < -0.4 is 0 Å². The number of halogens is 2. The molecule has 2 nitrogen and oxygen atoms in total. The van der Waals surface area contributed by atoms with E-state index in [0.29, 0.717) is 17.0 Å². The molecule has 2 unspecified atom stereocenters. The van der Waals surface area contributed by atoms with Crippen molar-refractivity contribution in [2.45, 2.75) is 45.5 Å². The second kappa shape index (κ2) is 5.03. The molecule has 2 aromatic rings. The minimum atomic E-state index is -0.203. The number of hydrogen-bond donors (Lipinski definition) is 0. The van der Waals surface area contributed by atoms with Gasteiger partial charge < -0.3 is 4.57 Å². The summed E-state index contributed by atoms with van der Waals surface area (Å²) in [6, 6.07) is 3.41. The van der Waals surface area contributed by atoms with E-state index < -0.39 is 0 Å². The smallest absolute Gasteiger partial charge is 0.128 e. The van der Waals surface area contributed by atoms with Crippen LogP contribution in [0.2, 0.25) is 0 Å². The molecule has 1 fully saturated rings. The maximum absolute atomic E-state index is 13.7. The van der Waals surface area contributed by atoms with Crippen molar-refractivity contribution in [2.24, 2.45) is 11.8 Å². The van der Waals surface area contributed by atoms with Gasteiger partial charge in [-0.3, -0.25) is 0 Å². The van der Waals surface area contributed by atoms with Crippen molar-refractivity contribution in [1.29, 1.82) is 0 Å². The molecule has 1 saturated carbocycles. The van der Waals surface area contributed by atoms with E-state index in [4.69, 9.17) is 11.6 Å². The summed E-state index contributed by atoms with van der Waals surface area (Å²) in [6.45, 7) is 6.91. The molecule has 1 aromatic carbocycles. The standard InChI is InChI=1S/C16H20ClFN2/c1-9-6-15-14(7-13(9)18)19-16(11(3)17)20(15)8-10(2)12-4-5-12/h6-7,10-12H,4-5,8H2,1-3H3. The fraction of sp³-hybridized carbons (Fsp3) is 0.562. The molecule has 0 spiro atoms. The molecular formula is C16H20ClFN2. The first-order chi connectivity index (χ1) is 9.47. The van der Waals surface area contributed by atoms with Gasteiger partial charge >= 0.3 is 0 Å². The van der Waals surface area contributed by atoms with Crippen LogP contribution in [-0.4, -0.2) is 9.55 Å². The minimum Gasteiger partial charge on any atom is -0.326 e. The van der Waals surface area contributed by atoms with Gasteiger partial charge in [0.2, 0.25) is 0 Å². The maximum atomic E-state index is 13.7. The molecule has 1 aliphatic carbocycles. The highest BCUT2D eigenvalue weighted by atomic mass is 35.5. The molecular weight excluding hydrogens is 275 g/mol. The van der Waals surface area contributed by atoms with Crippen LogP contribution in [0.4, 0.5) is 4.39 Å². The second-order valence-electron chi connectivity index (χ2n) is 6.10. The Hall–Kier alpha value is -1.09. The summed E-state index contributed by atoms with van der Waals surface area (Å²) in [5.74, 6) is 2.09. The third-order valence-electron chi connectivity index (χ3n) is 4.31. The van der Waals surface area contributed by atoms with Gasteiger partial charge in [0.05, 0.1) is 16.4 Å². The van der Waals surface area contributed by atoms with Crippen LogP contribution in [0.25, 0.3) is 11.0 Å². The zero-order valence-electron chi connectivity index (χ0n) is 12.2. The molecule has 108 valence electrons. The SMILES string of the molecule is Cc1cc2c(cc1F)nc(C(C)Cl)n2CC(C)C1CC1. The van der Waals surface area contributed by atoms with Crippen LogP contribution >= 0.6 is 11.6 Å². The van der Waals surface area contributed by atoms with Gasteiger partial charge in [0.1, 0.15) is 11.6 Å². The van der Waals surface area contributed by atoms with Gasteiger partial charge in [0.25, 0.3) is 0 Å². The molecule has 1 heterocycles. The van der Waals surface area contributed by atoms with E-state index in [1.807, 2.05) is 13.0 Å². The van der Waals surface area contributed by atoms with Gasteiger partial charge in [-0.15, -0.1) is 11.6 Å². The van der Waals surface area contributed by atoms with Crippen molar-refractivity contribution < 1.29 is 4.39 Å². The predicted octanol–water partition coefficient (Wildman–Crippen LogP) is 4.83. The molecule has 0 bridgehead atoms. The van der Waals surface area contributed by atoms with Gasteiger partial charge in [-0.25, -0.2) is 9.37 Å². The summed E-state index contributed by atoms with van der Waals surface area (Å²) in [7, 11) is 0. The van der Waals surface area contributed by atoms with Crippen LogP contribution in [0.1, 0.15) is 43.5 Å². The summed E-state index contributed by atoms with van der Waals surface area (Å²) >= 11 is 6.26. The number of rotatable bonds is 4. The molecule has 0 saturated heterocycles. The fourth-order valence-corrected chi connectivity index (χ4v) is 3.03. The Balaban J connectivity index is 2.09. The largest absolute Gasteiger partial charge is 0.326 e. The zero-order valence-corrected chi connectivity index (χ0v) is 12.9. The van der Waals surface area contributed by atoms with Gasteiger partial charge in [-0.1, -0.05) is 6.92 Å². The first-order valence-corrected chi connectivity index (χ1v) is 7.71. The molecule has 1 aromatic heterocycles. The third-order valence-corrected chi connectivity index (χ3v) is 4.51. The second-order valence-corrected chi connectivity index (χ2v) is 6.76. The average Bonchev–Trinajstić information content (AvgIpc) is 3.17. The number of fused-ring (bicyclic) bond motifs is 1. The number of benzene rings is 1. The van der Waals surface area contributed by atoms with E-state index in [-0.39, 0.29) is 11.2 Å². The normalized spacial score (nSPS) is 18.4. The van der Waals surface area contributed by atoms with E-state index in [0.717, 1.165) is 23.8 Å². The predicted molar refractivity (Wildman–Crippen MR) is 80.6 cm³/mol. The molecule has 0 amide bonds. The molecule has 0 aliphatic heterocycles. The summed E-state index contributed by atoms with van der Waals surface area (Å²) in [4.78, 5) is 4.54. The first kappa shape index (κ1) is 13.9. The Kier molecular flexibility index (Phi) is 3.49. The Morgan fingerprint density at radius 2 is 2.10 bits per heavy atom. The number of imidazole rings is 1. The van der Waals surface area contributed by atoms with Crippen molar-refractivity contribution in [3.63, 3.8) is 0 Å². The lowest BCUT2D eigenvalue weighted by Gasteiger charge is -2.16. The Morgan fingerprint density at radius 3 is 2.70 bits per heavy atom. The highest BCUT2D eigenvalue weighted by Crippen LogP contribution is 2.38. The summed E-state index contributed by atoms with van der Waals surface area (Å²) in [6.07, 6.45) is 2.65. The molecule has 3 rings (SSSR count). The summed E-state index contributed by atoms with van der Waals surface area (Å²) < 4.78 is 15.9. The summed E-state index contributed by atoms with van der Waals surface area (Å²) in [5, 5.41) is -0.169. The van der Waals surface area contributed by atoms with Crippen LogP contribution in [-0.2, 0) is 6.54 Å². The van der Waals surface area contributed by atoms with Gasteiger partial charge in [-0.05, 0) is 50.2 Å². The van der Waals surface area contributed by atoms with E-state index in [1.54, 1.807) is 6.92 Å². The Bertz CT molecular complexity index is 643. The molecule has 2 atom stereocenters. The van der Waals surface area contributed by atoms with Gasteiger partial charge in [0.15, 0.2) is 0 Å². The lowest BCUT2D eigenvalue weighted by Crippen LogP contribution is -2.12. The summed E-state index contributed by atoms with van der Waals surface area (Å²) in [5.41, 5.74) is 2.36. The third kappa shape index (κ3) is 2.44. The average molecular weight is 295 g/mol. The van der Waals surface area contributed by atoms with Crippen molar-refractivity contribution in [1.82, 2.24) is 9.55 Å². The molecule has 0 radical (unpaired) electrons. The fourth-order valence-electron chi connectivity index (χ4n) is 2.87. The lowest BCUT2D eigenvalue weighted by atomic mass is 10.1. The quantitative estimate of drug-likeness (QED) is 0.739. The lowest BCUT2D eigenvalue weighted by molar-refractivity contribution is 0.428. The molecule has 0 N–H and O–H groups in total. The highest BCUT2D eigenvalue weighted by Gasteiger charge is 2.29. The van der Waals surface area contributed by atoms with Crippen molar-refractivity contribution in [2.75, 3.05) is 0 Å². The molecule has 1 aliphatic rings. The Morgan fingerprint density at radius 1 is 1.40 bits per heavy atom. The van der Waals surface area contributed by atoms with E-state index in [2.05, 4.69) is 16.5 Å². The van der Waals surface area contributed by atoms with Crippen molar-refractivity contribution >= 4 is 22.6 Å². The van der Waals surface area contributed by atoms with Crippen LogP contribution in [0.3, 0.4) is 0 Å². The topological polar surface area (TPSA) is 17.8 Å². The number of nitrogens with zero attached hydrogens (tertiary/aromatic N) is 2.